The lowest BCUT2D eigenvalue weighted by Crippen LogP contribution is -2.12. The predicted molar refractivity (Wildman–Crippen MR) is 98.9 cm³/mol. The quantitative estimate of drug-likeness (QED) is 0.697. The Hall–Kier alpha value is -2.61. The minimum atomic E-state index is -0.0238. The molecule has 2 aromatic carbocycles. The van der Waals surface area contributed by atoms with E-state index in [0.717, 1.165) is 22.0 Å². The van der Waals surface area contributed by atoms with Crippen molar-refractivity contribution in [2.24, 2.45) is 0 Å². The third-order valence-electron chi connectivity index (χ3n) is 4.35. The van der Waals surface area contributed by atoms with E-state index in [4.69, 9.17) is 0 Å². The number of pyridine rings is 1. The van der Waals surface area contributed by atoms with Crippen LogP contribution in [0.3, 0.4) is 0 Å². The minimum Gasteiger partial charge on any atom is -0.322 e. The van der Waals surface area contributed by atoms with Crippen LogP contribution in [0.25, 0.3) is 28.1 Å². The summed E-state index contributed by atoms with van der Waals surface area (Å²) in [5, 5.41) is 1.11. The van der Waals surface area contributed by atoms with Crippen LogP contribution in [0.4, 0.5) is 0 Å². The van der Waals surface area contributed by atoms with Crippen LogP contribution in [0.15, 0.2) is 47.3 Å². The zero-order valence-corrected chi connectivity index (χ0v) is 14.0. The Morgan fingerprint density at radius 1 is 0.957 bits per heavy atom. The fourth-order valence-electron chi connectivity index (χ4n) is 3.08. The van der Waals surface area contributed by atoms with E-state index in [2.05, 4.69) is 49.2 Å². The van der Waals surface area contributed by atoms with Crippen LogP contribution in [0.1, 0.15) is 29.2 Å². The second kappa shape index (κ2) is 5.88. The molecule has 2 nitrogen and oxygen atoms in total. The normalized spacial score (nSPS) is 11.5. The van der Waals surface area contributed by atoms with Crippen LogP contribution in [0.2, 0.25) is 0 Å². The largest absolute Gasteiger partial charge is 0.322 e. The molecule has 1 aromatic heterocycles. The molecule has 0 fully saturated rings. The highest BCUT2D eigenvalue weighted by Gasteiger charge is 2.14. The molecule has 0 amide bonds. The first-order chi connectivity index (χ1) is 11.0. The molecule has 1 heterocycles. The van der Waals surface area contributed by atoms with Crippen LogP contribution in [-0.4, -0.2) is 4.98 Å². The molecule has 23 heavy (non-hydrogen) atoms. The minimum absolute atomic E-state index is 0.0238. The van der Waals surface area contributed by atoms with Gasteiger partial charge in [0.2, 0.25) is 0 Å². The van der Waals surface area contributed by atoms with Gasteiger partial charge in [-0.2, -0.15) is 0 Å². The third-order valence-corrected chi connectivity index (χ3v) is 4.35. The summed E-state index contributed by atoms with van der Waals surface area (Å²) in [6.07, 6.45) is 4.02. The van der Waals surface area contributed by atoms with Gasteiger partial charge in [-0.05, 0) is 56.0 Å². The van der Waals surface area contributed by atoms with Crippen molar-refractivity contribution < 1.29 is 0 Å². The molecule has 3 rings (SSSR count). The van der Waals surface area contributed by atoms with Gasteiger partial charge in [0.25, 0.3) is 5.56 Å². The predicted octanol–water partition coefficient (Wildman–Crippen LogP) is 5.15. The maximum absolute atomic E-state index is 12.2. The SMILES string of the molecule is C/C=C\c1c(C)c(=O)[nH]c2ccc(C)c(-c3ccc(C)cc3)c12. The Morgan fingerprint density at radius 3 is 2.30 bits per heavy atom. The van der Waals surface area contributed by atoms with Gasteiger partial charge < -0.3 is 4.98 Å². The number of fused-ring (bicyclic) bond motifs is 1. The lowest BCUT2D eigenvalue weighted by atomic mass is 9.91. The lowest BCUT2D eigenvalue weighted by Gasteiger charge is -2.15. The van der Waals surface area contributed by atoms with E-state index in [1.807, 2.05) is 32.1 Å². The maximum Gasteiger partial charge on any atom is 0.251 e. The molecule has 0 saturated heterocycles. The van der Waals surface area contributed by atoms with Crippen molar-refractivity contribution in [3.05, 3.63) is 75.1 Å². The summed E-state index contributed by atoms with van der Waals surface area (Å²) in [5.74, 6) is 0. The Balaban J connectivity index is 2.50. The standard InChI is InChI=1S/C21H21NO/c1-5-6-17-15(4)21(23)22-18-12-9-14(3)19(20(17)18)16-10-7-13(2)8-11-16/h5-12H,1-4H3,(H,22,23)/b6-5-. The molecule has 0 unspecified atom stereocenters. The van der Waals surface area contributed by atoms with Crippen molar-refractivity contribution in [2.45, 2.75) is 27.7 Å². The zero-order valence-electron chi connectivity index (χ0n) is 14.0. The third kappa shape index (κ3) is 2.61. The molecule has 0 aliphatic carbocycles. The summed E-state index contributed by atoms with van der Waals surface area (Å²) < 4.78 is 0. The second-order valence-corrected chi connectivity index (χ2v) is 6.04. The number of hydrogen-bond donors (Lipinski definition) is 1. The smallest absolute Gasteiger partial charge is 0.251 e. The molecule has 0 saturated carbocycles. The molecule has 3 aromatic rings. The summed E-state index contributed by atoms with van der Waals surface area (Å²) in [6.45, 7) is 8.07. The maximum atomic E-state index is 12.2. The monoisotopic (exact) mass is 303 g/mol. The molecular weight excluding hydrogens is 282 g/mol. The van der Waals surface area contributed by atoms with Gasteiger partial charge in [0.15, 0.2) is 0 Å². The summed E-state index contributed by atoms with van der Waals surface area (Å²) >= 11 is 0. The van der Waals surface area contributed by atoms with E-state index in [1.165, 1.54) is 22.3 Å². The van der Waals surface area contributed by atoms with Gasteiger partial charge in [0, 0.05) is 16.5 Å². The fraction of sp³-hybridized carbons (Fsp3) is 0.190. The van der Waals surface area contributed by atoms with E-state index in [-0.39, 0.29) is 5.56 Å². The summed E-state index contributed by atoms with van der Waals surface area (Å²) in [4.78, 5) is 15.2. The number of rotatable bonds is 2. The Bertz CT molecular complexity index is 960. The van der Waals surface area contributed by atoms with Crippen molar-refractivity contribution in [3.8, 4) is 11.1 Å². The molecule has 0 radical (unpaired) electrons. The van der Waals surface area contributed by atoms with Crippen LogP contribution in [0.5, 0.6) is 0 Å². The number of allylic oxidation sites excluding steroid dienone is 1. The van der Waals surface area contributed by atoms with E-state index >= 15 is 0 Å². The highest BCUT2D eigenvalue weighted by atomic mass is 16.1. The Kier molecular flexibility index (Phi) is 3.91. The molecule has 0 bridgehead atoms. The summed E-state index contributed by atoms with van der Waals surface area (Å²) in [5.41, 5.74) is 7.44. The number of H-pyrrole nitrogens is 1. The van der Waals surface area contributed by atoms with Gasteiger partial charge in [-0.25, -0.2) is 0 Å². The van der Waals surface area contributed by atoms with E-state index in [0.29, 0.717) is 0 Å². The Morgan fingerprint density at radius 2 is 1.65 bits per heavy atom. The molecule has 1 N–H and O–H groups in total. The van der Waals surface area contributed by atoms with Gasteiger partial charge in [-0.15, -0.1) is 0 Å². The van der Waals surface area contributed by atoms with Gasteiger partial charge in [0.05, 0.1) is 0 Å². The topological polar surface area (TPSA) is 32.9 Å². The molecule has 2 heteroatoms. The average Bonchev–Trinajstić information content (AvgIpc) is 2.53. The molecule has 0 atom stereocenters. The lowest BCUT2D eigenvalue weighted by molar-refractivity contribution is 1.22. The molecule has 0 aliphatic heterocycles. The second-order valence-electron chi connectivity index (χ2n) is 6.04. The van der Waals surface area contributed by atoms with Crippen LogP contribution < -0.4 is 5.56 Å². The number of aromatic amines is 1. The van der Waals surface area contributed by atoms with Crippen molar-refractivity contribution in [1.29, 1.82) is 0 Å². The summed E-state index contributed by atoms with van der Waals surface area (Å²) in [7, 11) is 0. The van der Waals surface area contributed by atoms with Crippen LogP contribution in [-0.2, 0) is 0 Å². The van der Waals surface area contributed by atoms with Gasteiger partial charge in [-0.3, -0.25) is 4.79 Å². The first kappa shape index (κ1) is 15.3. The fourth-order valence-corrected chi connectivity index (χ4v) is 3.08. The molecule has 0 spiro atoms. The van der Waals surface area contributed by atoms with E-state index < -0.39 is 0 Å². The van der Waals surface area contributed by atoms with E-state index in [9.17, 15) is 4.79 Å². The number of aryl methyl sites for hydroxylation is 2. The summed E-state index contributed by atoms with van der Waals surface area (Å²) in [6, 6.07) is 12.6. The first-order valence-corrected chi connectivity index (χ1v) is 7.89. The van der Waals surface area contributed by atoms with Crippen molar-refractivity contribution in [1.82, 2.24) is 4.98 Å². The molecule has 0 aliphatic rings. The number of aromatic nitrogens is 1. The zero-order chi connectivity index (χ0) is 16.6. The number of benzene rings is 2. The number of nitrogens with one attached hydrogen (secondary N) is 1. The van der Waals surface area contributed by atoms with E-state index in [1.54, 1.807) is 0 Å². The number of hydrogen-bond acceptors (Lipinski definition) is 1. The average molecular weight is 303 g/mol. The van der Waals surface area contributed by atoms with Crippen molar-refractivity contribution in [2.75, 3.05) is 0 Å². The first-order valence-electron chi connectivity index (χ1n) is 7.89. The highest BCUT2D eigenvalue weighted by Crippen LogP contribution is 2.34. The van der Waals surface area contributed by atoms with Crippen LogP contribution in [0, 0.1) is 20.8 Å². The van der Waals surface area contributed by atoms with Gasteiger partial charge in [0.1, 0.15) is 0 Å². The van der Waals surface area contributed by atoms with Crippen molar-refractivity contribution >= 4 is 17.0 Å². The van der Waals surface area contributed by atoms with Crippen molar-refractivity contribution in [3.63, 3.8) is 0 Å². The highest BCUT2D eigenvalue weighted by molar-refractivity contribution is 6.02. The Labute approximate surface area is 136 Å². The van der Waals surface area contributed by atoms with Gasteiger partial charge in [-0.1, -0.05) is 48.0 Å². The van der Waals surface area contributed by atoms with Gasteiger partial charge >= 0.3 is 0 Å². The van der Waals surface area contributed by atoms with Crippen LogP contribution >= 0.6 is 0 Å². The molecule has 116 valence electrons. The molecular formula is C21H21NO.